The van der Waals surface area contributed by atoms with Crippen molar-refractivity contribution in [1.29, 1.82) is 0 Å². The number of pyridine rings is 1. The lowest BCUT2D eigenvalue weighted by molar-refractivity contribution is 0.538. The summed E-state index contributed by atoms with van der Waals surface area (Å²) >= 11 is 5.31. The molecule has 2 heterocycles. The number of aromatic nitrogens is 3. The van der Waals surface area contributed by atoms with Crippen molar-refractivity contribution in [3.05, 3.63) is 23.1 Å². The van der Waals surface area contributed by atoms with Crippen LogP contribution in [0.1, 0.15) is 19.8 Å². The molecule has 0 aromatic carbocycles. The van der Waals surface area contributed by atoms with E-state index in [0.717, 1.165) is 15.9 Å². The topological polar surface area (TPSA) is 33.6 Å². The quantitative estimate of drug-likeness (QED) is 0.726. The summed E-state index contributed by atoms with van der Waals surface area (Å²) < 4.78 is 2.94. The molecule has 4 heteroatoms. The van der Waals surface area contributed by atoms with Crippen molar-refractivity contribution in [2.75, 3.05) is 0 Å². The van der Waals surface area contributed by atoms with Gasteiger partial charge < -0.3 is 4.98 Å². The maximum Gasteiger partial charge on any atom is 0.179 e. The highest BCUT2D eigenvalue weighted by atomic mass is 32.1. The Morgan fingerprint density at radius 3 is 3.07 bits per heavy atom. The molecule has 0 radical (unpaired) electrons. The van der Waals surface area contributed by atoms with Crippen LogP contribution in [-0.4, -0.2) is 14.5 Å². The number of nitrogens with zero attached hydrogens (tertiary/aromatic N) is 2. The summed E-state index contributed by atoms with van der Waals surface area (Å²) in [6.07, 6.45) is 4.21. The highest BCUT2D eigenvalue weighted by Gasteiger charge is 2.41. The van der Waals surface area contributed by atoms with Crippen LogP contribution in [0.4, 0.5) is 0 Å². The molecule has 0 saturated heterocycles. The number of aromatic amines is 1. The van der Waals surface area contributed by atoms with Gasteiger partial charge in [0.25, 0.3) is 0 Å². The van der Waals surface area contributed by atoms with E-state index in [1.807, 2.05) is 18.3 Å². The van der Waals surface area contributed by atoms with Gasteiger partial charge >= 0.3 is 0 Å². The molecule has 0 bridgehead atoms. The van der Waals surface area contributed by atoms with E-state index in [1.165, 1.54) is 12.8 Å². The van der Waals surface area contributed by atoms with Gasteiger partial charge in [-0.05, 0) is 44.1 Å². The molecule has 1 saturated carbocycles. The zero-order chi connectivity index (χ0) is 9.76. The first-order valence-corrected chi connectivity index (χ1v) is 5.18. The fourth-order valence-electron chi connectivity index (χ4n) is 1.85. The van der Waals surface area contributed by atoms with Gasteiger partial charge in [0.2, 0.25) is 0 Å². The van der Waals surface area contributed by atoms with Crippen LogP contribution < -0.4 is 0 Å². The molecule has 2 aromatic rings. The molecule has 0 amide bonds. The van der Waals surface area contributed by atoms with E-state index in [-0.39, 0.29) is 5.54 Å². The van der Waals surface area contributed by atoms with E-state index in [9.17, 15) is 0 Å². The normalized spacial score (nSPS) is 18.6. The van der Waals surface area contributed by atoms with Gasteiger partial charge in [0.1, 0.15) is 0 Å². The van der Waals surface area contributed by atoms with Gasteiger partial charge in [-0.3, -0.25) is 4.57 Å². The smallest absolute Gasteiger partial charge is 0.179 e. The minimum absolute atomic E-state index is 0.212. The number of nitrogens with one attached hydrogen (secondary N) is 1. The summed E-state index contributed by atoms with van der Waals surface area (Å²) in [6.45, 7) is 2.23. The second-order valence-corrected chi connectivity index (χ2v) is 4.52. The first-order chi connectivity index (χ1) is 6.71. The zero-order valence-corrected chi connectivity index (χ0v) is 8.77. The van der Waals surface area contributed by atoms with Crippen LogP contribution in [0.15, 0.2) is 18.3 Å². The van der Waals surface area contributed by atoms with Gasteiger partial charge in [0.15, 0.2) is 10.4 Å². The molecule has 1 aliphatic rings. The van der Waals surface area contributed by atoms with E-state index in [0.29, 0.717) is 0 Å². The van der Waals surface area contributed by atoms with Gasteiger partial charge in [-0.15, -0.1) is 0 Å². The van der Waals surface area contributed by atoms with Gasteiger partial charge in [0.05, 0.1) is 5.52 Å². The maximum absolute atomic E-state index is 5.31. The van der Waals surface area contributed by atoms with Crippen molar-refractivity contribution >= 4 is 23.4 Å². The lowest BCUT2D eigenvalue weighted by atomic mass is 10.3. The minimum Gasteiger partial charge on any atom is -0.329 e. The van der Waals surface area contributed by atoms with Gasteiger partial charge in [-0.2, -0.15) is 0 Å². The van der Waals surface area contributed by atoms with Gasteiger partial charge in [0, 0.05) is 11.7 Å². The predicted octanol–water partition coefficient (Wildman–Crippen LogP) is 2.60. The zero-order valence-electron chi connectivity index (χ0n) is 7.95. The molecule has 1 fully saturated rings. The molecule has 1 aliphatic carbocycles. The van der Waals surface area contributed by atoms with E-state index in [4.69, 9.17) is 12.2 Å². The highest BCUT2D eigenvalue weighted by molar-refractivity contribution is 7.71. The second-order valence-electron chi connectivity index (χ2n) is 4.14. The van der Waals surface area contributed by atoms with E-state index in [1.54, 1.807) is 0 Å². The van der Waals surface area contributed by atoms with E-state index in [2.05, 4.69) is 21.5 Å². The third-order valence-electron chi connectivity index (χ3n) is 2.96. The molecule has 0 atom stereocenters. The number of fused-ring (bicyclic) bond motifs is 1. The molecule has 1 N–H and O–H groups in total. The lowest BCUT2D eigenvalue weighted by Gasteiger charge is -2.10. The average molecular weight is 205 g/mol. The van der Waals surface area contributed by atoms with Crippen LogP contribution in [0.3, 0.4) is 0 Å². The molecular weight excluding hydrogens is 194 g/mol. The van der Waals surface area contributed by atoms with Crippen LogP contribution in [0, 0.1) is 4.77 Å². The Balaban J connectivity index is 2.42. The standard InChI is InChI=1S/C10H11N3S/c1-10(4-5-10)13-8-7(12-9(13)14)3-2-6-11-8/h2-3,6H,4-5H2,1H3,(H,12,14). The van der Waals surface area contributed by atoms with Crippen molar-refractivity contribution in [2.24, 2.45) is 0 Å². The molecule has 3 rings (SSSR count). The van der Waals surface area contributed by atoms with Crippen molar-refractivity contribution in [1.82, 2.24) is 14.5 Å². The van der Waals surface area contributed by atoms with Crippen LogP contribution in [0.2, 0.25) is 0 Å². The average Bonchev–Trinajstić information content (AvgIpc) is 2.79. The van der Waals surface area contributed by atoms with Gasteiger partial charge in [-0.1, -0.05) is 0 Å². The Labute approximate surface area is 86.8 Å². The fourth-order valence-corrected chi connectivity index (χ4v) is 2.26. The third kappa shape index (κ3) is 0.973. The van der Waals surface area contributed by atoms with Crippen molar-refractivity contribution in [2.45, 2.75) is 25.3 Å². The fraction of sp³-hybridized carbons (Fsp3) is 0.400. The molecule has 72 valence electrons. The molecule has 3 nitrogen and oxygen atoms in total. The van der Waals surface area contributed by atoms with Crippen LogP contribution in [0.5, 0.6) is 0 Å². The van der Waals surface area contributed by atoms with Crippen LogP contribution in [-0.2, 0) is 5.54 Å². The molecular formula is C10H11N3S. The second kappa shape index (κ2) is 2.45. The summed E-state index contributed by atoms with van der Waals surface area (Å²) in [4.78, 5) is 7.56. The number of imidazole rings is 1. The number of hydrogen-bond acceptors (Lipinski definition) is 2. The van der Waals surface area contributed by atoms with Crippen molar-refractivity contribution in [3.8, 4) is 0 Å². The Morgan fingerprint density at radius 1 is 1.57 bits per heavy atom. The number of H-pyrrole nitrogens is 1. The van der Waals surface area contributed by atoms with Crippen molar-refractivity contribution in [3.63, 3.8) is 0 Å². The summed E-state index contributed by atoms with van der Waals surface area (Å²) in [6, 6.07) is 3.94. The van der Waals surface area contributed by atoms with Gasteiger partial charge in [-0.25, -0.2) is 4.98 Å². The molecule has 2 aromatic heterocycles. The van der Waals surface area contributed by atoms with Crippen molar-refractivity contribution < 1.29 is 0 Å². The maximum atomic E-state index is 5.31. The SMILES string of the molecule is CC1(n2c(=S)[nH]c3cccnc32)CC1. The Hall–Kier alpha value is -1.16. The van der Waals surface area contributed by atoms with E-state index >= 15 is 0 Å². The van der Waals surface area contributed by atoms with Crippen LogP contribution >= 0.6 is 12.2 Å². The molecule has 14 heavy (non-hydrogen) atoms. The summed E-state index contributed by atoms with van der Waals surface area (Å²) in [5.41, 5.74) is 2.23. The van der Waals surface area contributed by atoms with E-state index < -0.39 is 0 Å². The lowest BCUT2D eigenvalue weighted by Crippen LogP contribution is -2.12. The number of hydrogen-bond donors (Lipinski definition) is 1. The Bertz CT molecular complexity index is 548. The molecule has 0 spiro atoms. The first-order valence-electron chi connectivity index (χ1n) is 4.77. The van der Waals surface area contributed by atoms with Crippen LogP contribution in [0.25, 0.3) is 11.2 Å². The molecule has 0 aliphatic heterocycles. The Kier molecular flexibility index (Phi) is 1.43. The monoisotopic (exact) mass is 205 g/mol. The Morgan fingerprint density at radius 2 is 2.36 bits per heavy atom. The number of rotatable bonds is 1. The highest BCUT2D eigenvalue weighted by Crippen LogP contribution is 2.44. The molecule has 0 unspecified atom stereocenters. The minimum atomic E-state index is 0.212. The predicted molar refractivity (Wildman–Crippen MR) is 57.8 cm³/mol. The third-order valence-corrected chi connectivity index (χ3v) is 3.24. The summed E-state index contributed by atoms with van der Waals surface area (Å²) in [5, 5.41) is 0. The first kappa shape index (κ1) is 8.17. The summed E-state index contributed by atoms with van der Waals surface area (Å²) in [7, 11) is 0. The largest absolute Gasteiger partial charge is 0.329 e. The summed E-state index contributed by atoms with van der Waals surface area (Å²) in [5.74, 6) is 0.